The quantitative estimate of drug-likeness (QED) is 0.624. The van der Waals surface area contributed by atoms with E-state index in [0.29, 0.717) is 0 Å². The van der Waals surface area contributed by atoms with Gasteiger partial charge in [-0.15, -0.1) is 11.8 Å². The van der Waals surface area contributed by atoms with E-state index in [4.69, 9.17) is 5.73 Å². The number of rotatable bonds is 3. The molecule has 1 aliphatic heterocycles. The van der Waals surface area contributed by atoms with Crippen LogP contribution >= 0.6 is 11.8 Å². The highest BCUT2D eigenvalue weighted by Crippen LogP contribution is 2.33. The van der Waals surface area contributed by atoms with Crippen LogP contribution in [0.2, 0.25) is 0 Å². The first-order valence-electron chi connectivity index (χ1n) is 9.80. The molecule has 4 N–H and O–H groups in total. The average molecular weight is 406 g/mol. The van der Waals surface area contributed by atoms with Crippen molar-refractivity contribution in [3.63, 3.8) is 0 Å². The summed E-state index contributed by atoms with van der Waals surface area (Å²) >= 11 is 1.59. The molecule has 6 nitrogen and oxygen atoms in total. The van der Waals surface area contributed by atoms with Gasteiger partial charge in [0.15, 0.2) is 0 Å². The van der Waals surface area contributed by atoms with E-state index in [1.54, 1.807) is 18.0 Å². The number of benzene rings is 1. The Labute approximate surface area is 173 Å². The van der Waals surface area contributed by atoms with Crippen molar-refractivity contribution in [3.05, 3.63) is 70.5 Å². The summed E-state index contributed by atoms with van der Waals surface area (Å²) in [6.45, 7) is 2.92. The first-order chi connectivity index (χ1) is 14.1. The Balaban J connectivity index is 1.38. The van der Waals surface area contributed by atoms with Crippen molar-refractivity contribution in [2.75, 3.05) is 17.2 Å². The van der Waals surface area contributed by atoms with Gasteiger partial charge in [0.2, 0.25) is 0 Å². The van der Waals surface area contributed by atoms with Gasteiger partial charge in [0, 0.05) is 36.3 Å². The molecule has 0 unspecified atom stereocenters. The van der Waals surface area contributed by atoms with Crippen LogP contribution in [0.4, 0.5) is 5.69 Å². The molecule has 0 saturated heterocycles. The number of thioether (sulfide) groups is 1. The SMILES string of the molecule is Cc1c[nH]c2nccc(N3C=C(C(=O)N[C@@H]4Cc5ccccc5[C@@H]4N)SCC3)c12. The number of nitrogens with two attached hydrogens (primary N) is 1. The molecule has 1 amide bonds. The molecule has 7 heteroatoms. The minimum atomic E-state index is -0.164. The van der Waals surface area contributed by atoms with E-state index in [1.807, 2.05) is 30.6 Å². The van der Waals surface area contributed by atoms with Gasteiger partial charge in [0.05, 0.1) is 22.7 Å². The third kappa shape index (κ3) is 3.20. The smallest absolute Gasteiger partial charge is 0.259 e. The number of nitrogens with one attached hydrogen (secondary N) is 2. The molecular weight excluding hydrogens is 382 g/mol. The van der Waals surface area contributed by atoms with Crippen LogP contribution in [-0.2, 0) is 11.2 Å². The van der Waals surface area contributed by atoms with Crippen molar-refractivity contribution in [3.8, 4) is 0 Å². The maximum Gasteiger partial charge on any atom is 0.259 e. The second-order valence-electron chi connectivity index (χ2n) is 7.57. The summed E-state index contributed by atoms with van der Waals surface area (Å²) in [6, 6.07) is 9.93. The molecule has 29 heavy (non-hydrogen) atoms. The molecule has 0 bridgehead atoms. The predicted octanol–water partition coefficient (Wildman–Crippen LogP) is 3.01. The van der Waals surface area contributed by atoms with E-state index in [-0.39, 0.29) is 18.0 Å². The van der Waals surface area contributed by atoms with Gasteiger partial charge >= 0.3 is 0 Å². The molecule has 2 aromatic heterocycles. The Morgan fingerprint density at radius 2 is 2.21 bits per heavy atom. The average Bonchev–Trinajstić information content (AvgIpc) is 3.28. The second-order valence-corrected chi connectivity index (χ2v) is 8.71. The third-order valence-corrected chi connectivity index (χ3v) is 6.74. The van der Waals surface area contributed by atoms with Crippen LogP contribution < -0.4 is 16.0 Å². The van der Waals surface area contributed by atoms with Gasteiger partial charge in [0.1, 0.15) is 5.65 Å². The van der Waals surface area contributed by atoms with E-state index in [9.17, 15) is 4.79 Å². The lowest BCUT2D eigenvalue weighted by atomic mass is 10.1. The highest BCUT2D eigenvalue weighted by atomic mass is 32.2. The number of carbonyl (C=O) groups is 1. The zero-order chi connectivity index (χ0) is 20.0. The number of pyridine rings is 1. The van der Waals surface area contributed by atoms with Crippen LogP contribution in [0.25, 0.3) is 11.0 Å². The Bertz CT molecular complexity index is 1120. The Morgan fingerprint density at radius 3 is 3.07 bits per heavy atom. The minimum Gasteiger partial charge on any atom is -0.347 e. The van der Waals surface area contributed by atoms with Crippen LogP contribution in [0.1, 0.15) is 22.7 Å². The summed E-state index contributed by atoms with van der Waals surface area (Å²) in [4.78, 5) is 23.5. The topological polar surface area (TPSA) is 87.0 Å². The second kappa shape index (κ2) is 7.24. The molecule has 3 aromatic rings. The van der Waals surface area contributed by atoms with Crippen molar-refractivity contribution in [1.29, 1.82) is 0 Å². The van der Waals surface area contributed by atoms with Crippen LogP contribution in [0.15, 0.2) is 53.8 Å². The highest BCUT2D eigenvalue weighted by molar-refractivity contribution is 8.04. The molecule has 0 spiro atoms. The number of aryl methyl sites for hydroxylation is 1. The first kappa shape index (κ1) is 18.3. The maximum absolute atomic E-state index is 13.0. The Morgan fingerprint density at radius 1 is 1.34 bits per heavy atom. The van der Waals surface area contributed by atoms with Crippen molar-refractivity contribution in [1.82, 2.24) is 15.3 Å². The Kier molecular flexibility index (Phi) is 4.56. The van der Waals surface area contributed by atoms with Gasteiger partial charge in [-0.05, 0) is 36.1 Å². The lowest BCUT2D eigenvalue weighted by molar-refractivity contribution is -0.117. The van der Waals surface area contributed by atoms with Crippen LogP contribution in [0.5, 0.6) is 0 Å². The van der Waals surface area contributed by atoms with E-state index < -0.39 is 0 Å². The monoisotopic (exact) mass is 405 g/mol. The third-order valence-electron chi connectivity index (χ3n) is 5.75. The van der Waals surface area contributed by atoms with Crippen molar-refractivity contribution in [2.24, 2.45) is 5.73 Å². The summed E-state index contributed by atoms with van der Waals surface area (Å²) in [5, 5.41) is 4.26. The lowest BCUT2D eigenvalue weighted by Crippen LogP contribution is -2.42. The summed E-state index contributed by atoms with van der Waals surface area (Å²) in [7, 11) is 0. The van der Waals surface area contributed by atoms with E-state index in [1.165, 1.54) is 5.56 Å². The van der Waals surface area contributed by atoms with Crippen molar-refractivity contribution in [2.45, 2.75) is 25.4 Å². The molecule has 3 heterocycles. The number of carbonyl (C=O) groups excluding carboxylic acids is 1. The molecule has 1 aromatic carbocycles. The largest absolute Gasteiger partial charge is 0.347 e. The normalized spacial score (nSPS) is 21.2. The van der Waals surface area contributed by atoms with Crippen LogP contribution in [0, 0.1) is 6.92 Å². The number of fused-ring (bicyclic) bond motifs is 2. The highest BCUT2D eigenvalue weighted by Gasteiger charge is 2.31. The standard InChI is InChI=1S/C22H23N5OS/c1-13-11-25-21-19(13)17(6-7-24-21)27-8-9-29-18(12-27)22(28)26-16-10-14-4-2-3-5-15(14)20(16)23/h2-7,11-12,16,20H,8-10,23H2,1H3,(H,24,25)(H,26,28)/t16-,20+/m1/s1. The number of anilines is 1. The molecule has 0 fully saturated rings. The molecule has 2 aliphatic rings. The Hall–Kier alpha value is -2.77. The van der Waals surface area contributed by atoms with E-state index >= 15 is 0 Å². The van der Waals surface area contributed by atoms with E-state index in [0.717, 1.165) is 51.5 Å². The summed E-state index contributed by atoms with van der Waals surface area (Å²) in [6.07, 6.45) is 6.50. The molecular formula is C22H23N5OS. The number of amides is 1. The summed E-state index contributed by atoms with van der Waals surface area (Å²) < 4.78 is 0. The van der Waals surface area contributed by atoms with Gasteiger partial charge in [-0.2, -0.15) is 0 Å². The van der Waals surface area contributed by atoms with Crippen molar-refractivity contribution >= 4 is 34.4 Å². The lowest BCUT2D eigenvalue weighted by Gasteiger charge is -2.27. The van der Waals surface area contributed by atoms with Gasteiger partial charge in [-0.1, -0.05) is 24.3 Å². The van der Waals surface area contributed by atoms with Crippen LogP contribution in [0.3, 0.4) is 0 Å². The van der Waals surface area contributed by atoms with Gasteiger partial charge in [-0.25, -0.2) is 4.98 Å². The molecule has 1 aliphatic carbocycles. The minimum absolute atomic E-state index is 0.0518. The number of H-pyrrole nitrogens is 1. The maximum atomic E-state index is 13.0. The van der Waals surface area contributed by atoms with E-state index in [2.05, 4.69) is 39.2 Å². The van der Waals surface area contributed by atoms with Crippen molar-refractivity contribution < 1.29 is 4.79 Å². The fourth-order valence-corrected chi connectivity index (χ4v) is 5.16. The fraction of sp³-hybridized carbons (Fsp3) is 0.273. The molecule has 2 atom stereocenters. The predicted molar refractivity (Wildman–Crippen MR) is 118 cm³/mol. The van der Waals surface area contributed by atoms with Gasteiger partial charge in [-0.3, -0.25) is 4.79 Å². The first-order valence-corrected chi connectivity index (χ1v) is 10.8. The summed E-state index contributed by atoms with van der Waals surface area (Å²) in [5.74, 6) is 0.799. The number of aromatic nitrogens is 2. The number of nitrogens with zero attached hydrogens (tertiary/aromatic N) is 2. The van der Waals surface area contributed by atoms with Crippen LogP contribution in [-0.4, -0.2) is 34.2 Å². The number of hydrogen-bond acceptors (Lipinski definition) is 5. The molecule has 5 rings (SSSR count). The van der Waals surface area contributed by atoms with Gasteiger partial charge < -0.3 is 20.9 Å². The number of hydrogen-bond donors (Lipinski definition) is 3. The zero-order valence-electron chi connectivity index (χ0n) is 16.2. The molecule has 0 saturated carbocycles. The number of aromatic amines is 1. The van der Waals surface area contributed by atoms with Gasteiger partial charge in [0.25, 0.3) is 5.91 Å². The summed E-state index contributed by atoms with van der Waals surface area (Å²) in [5.41, 5.74) is 11.8. The molecule has 0 radical (unpaired) electrons. The molecule has 148 valence electrons. The zero-order valence-corrected chi connectivity index (χ0v) is 17.0. The fourth-order valence-electron chi connectivity index (χ4n) is 4.26.